The zero-order valence-electron chi connectivity index (χ0n) is 16.5. The van der Waals surface area contributed by atoms with Crippen LogP contribution in [-0.2, 0) is 4.43 Å². The molecule has 0 heterocycles. The zero-order valence-corrected chi connectivity index (χ0v) is 17.5. The lowest BCUT2D eigenvalue weighted by Crippen LogP contribution is -2.36. The average Bonchev–Trinajstić information content (AvgIpc) is 2.77. The van der Waals surface area contributed by atoms with E-state index in [1.54, 1.807) is 0 Å². The first kappa shape index (κ1) is 18.9. The topological polar surface area (TPSA) is 9.23 Å². The van der Waals surface area contributed by atoms with Gasteiger partial charge in [0.2, 0.25) is 8.32 Å². The Balaban J connectivity index is 2.23. The highest BCUT2D eigenvalue weighted by molar-refractivity contribution is 6.73. The van der Waals surface area contributed by atoms with Crippen molar-refractivity contribution in [3.05, 3.63) is 64.4 Å². The third-order valence-electron chi connectivity index (χ3n) is 5.95. The van der Waals surface area contributed by atoms with Crippen LogP contribution in [0.25, 0.3) is 17.2 Å². The van der Waals surface area contributed by atoms with Crippen molar-refractivity contribution >= 4 is 14.4 Å². The molecule has 0 N–H and O–H groups in total. The number of fused-ring (bicyclic) bond motifs is 3. The first-order valence-corrected chi connectivity index (χ1v) is 12.2. The van der Waals surface area contributed by atoms with Gasteiger partial charge in [-0.3, -0.25) is 0 Å². The number of hydrogen-bond acceptors (Lipinski definition) is 1. The van der Waals surface area contributed by atoms with Gasteiger partial charge in [0, 0.05) is 5.56 Å². The van der Waals surface area contributed by atoms with Crippen molar-refractivity contribution in [1.82, 2.24) is 0 Å². The second-order valence-electron chi connectivity index (χ2n) is 7.33. The molecule has 0 saturated carbocycles. The fourth-order valence-corrected chi connectivity index (χ4v) is 6.67. The molecule has 26 heavy (non-hydrogen) atoms. The van der Waals surface area contributed by atoms with Crippen LogP contribution in [0, 0.1) is 13.8 Å². The van der Waals surface area contributed by atoms with Crippen LogP contribution >= 0.6 is 0 Å². The zero-order chi connectivity index (χ0) is 18.9. The molecule has 3 heteroatoms. The summed E-state index contributed by atoms with van der Waals surface area (Å²) in [7, 11) is -1.95. The molecule has 0 spiro atoms. The van der Waals surface area contributed by atoms with Gasteiger partial charge in [0.05, 0.1) is 0 Å². The number of halogens is 1. The monoisotopic (exact) mass is 368 g/mol. The molecule has 0 unspecified atom stereocenters. The van der Waals surface area contributed by atoms with Crippen molar-refractivity contribution in [2.75, 3.05) is 0 Å². The molecule has 0 radical (unpaired) electrons. The van der Waals surface area contributed by atoms with Crippen molar-refractivity contribution in [3.8, 4) is 11.1 Å². The summed E-state index contributed by atoms with van der Waals surface area (Å²) in [4.78, 5) is 0. The van der Waals surface area contributed by atoms with Crippen LogP contribution < -0.4 is 0 Å². The average molecular weight is 369 g/mol. The lowest BCUT2D eigenvalue weighted by Gasteiger charge is -2.31. The second kappa shape index (κ2) is 7.40. The predicted molar refractivity (Wildman–Crippen MR) is 111 cm³/mol. The molecular weight excluding hydrogens is 339 g/mol. The second-order valence-corrected chi connectivity index (χ2v) is 12.0. The van der Waals surface area contributed by atoms with Gasteiger partial charge in [-0.2, -0.15) is 0 Å². The highest BCUT2D eigenvalue weighted by atomic mass is 28.4. The lowest BCUT2D eigenvalue weighted by molar-refractivity contribution is 0.273. The van der Waals surface area contributed by atoms with Gasteiger partial charge in [-0.05, 0) is 65.9 Å². The first-order chi connectivity index (χ1) is 12.5. The number of benzene rings is 2. The molecule has 0 amide bonds. The van der Waals surface area contributed by atoms with Crippen LogP contribution in [-0.4, -0.2) is 8.32 Å². The number of rotatable bonds is 5. The maximum absolute atomic E-state index is 15.7. The SMILES string of the molecule is CC[Si](CC)(CC)OC1=Cc2cccc(C)c2-c2c(C)cccc2[C@H]1F. The maximum Gasteiger partial charge on any atom is 0.250 e. The van der Waals surface area contributed by atoms with Crippen molar-refractivity contribution in [2.24, 2.45) is 0 Å². The number of hydrogen-bond donors (Lipinski definition) is 0. The number of allylic oxidation sites excluding steroid dienone is 1. The molecule has 1 aliphatic rings. The molecule has 0 aliphatic heterocycles. The van der Waals surface area contributed by atoms with E-state index in [2.05, 4.69) is 52.8 Å². The van der Waals surface area contributed by atoms with E-state index in [1.165, 1.54) is 5.56 Å². The van der Waals surface area contributed by atoms with E-state index in [-0.39, 0.29) is 0 Å². The summed E-state index contributed by atoms with van der Waals surface area (Å²) >= 11 is 0. The molecule has 0 fully saturated rings. The molecule has 0 bridgehead atoms. The quantitative estimate of drug-likeness (QED) is 0.501. The van der Waals surface area contributed by atoms with E-state index in [0.717, 1.165) is 45.9 Å². The summed E-state index contributed by atoms with van der Waals surface area (Å²) in [6.45, 7) is 10.7. The summed E-state index contributed by atoms with van der Waals surface area (Å²) in [5.41, 5.74) is 6.24. The first-order valence-electron chi connectivity index (χ1n) is 9.70. The van der Waals surface area contributed by atoms with Crippen LogP contribution in [0.5, 0.6) is 0 Å². The number of aryl methyl sites for hydroxylation is 2. The molecular formula is C23H29FOSi. The van der Waals surface area contributed by atoms with Crippen LogP contribution in [0.15, 0.2) is 42.2 Å². The summed E-state index contributed by atoms with van der Waals surface area (Å²) in [6.07, 6.45) is 0.739. The van der Waals surface area contributed by atoms with E-state index in [9.17, 15) is 0 Å². The molecule has 138 valence electrons. The molecule has 1 aliphatic carbocycles. The Bertz CT molecular complexity index is 828. The van der Waals surface area contributed by atoms with Gasteiger partial charge in [0.15, 0.2) is 6.17 Å². The highest BCUT2D eigenvalue weighted by Gasteiger charge is 2.35. The highest BCUT2D eigenvalue weighted by Crippen LogP contribution is 2.45. The molecule has 2 aromatic rings. The molecule has 1 nitrogen and oxygen atoms in total. The molecule has 3 rings (SSSR count). The third-order valence-corrected chi connectivity index (χ3v) is 10.5. The van der Waals surface area contributed by atoms with Gasteiger partial charge in [-0.25, -0.2) is 4.39 Å². The number of alkyl halides is 1. The minimum Gasteiger partial charge on any atom is -0.544 e. The normalized spacial score (nSPS) is 16.4. The fraction of sp³-hybridized carbons (Fsp3) is 0.391. The molecule has 1 atom stereocenters. The Hall–Kier alpha value is -1.87. The Morgan fingerprint density at radius 3 is 2.08 bits per heavy atom. The Kier molecular flexibility index (Phi) is 5.38. The maximum atomic E-state index is 15.7. The Labute approximate surface area is 158 Å². The van der Waals surface area contributed by atoms with E-state index < -0.39 is 14.5 Å². The van der Waals surface area contributed by atoms with Crippen molar-refractivity contribution in [1.29, 1.82) is 0 Å². The van der Waals surface area contributed by atoms with Crippen LogP contribution in [0.4, 0.5) is 4.39 Å². The minimum absolute atomic E-state index is 0.499. The van der Waals surface area contributed by atoms with Crippen LogP contribution in [0.1, 0.15) is 49.2 Å². The summed E-state index contributed by atoms with van der Waals surface area (Å²) in [6, 6.07) is 15.2. The van der Waals surface area contributed by atoms with Crippen LogP contribution in [0.3, 0.4) is 0 Å². The van der Waals surface area contributed by atoms with Crippen molar-refractivity contribution < 1.29 is 8.82 Å². The molecule has 0 saturated heterocycles. The smallest absolute Gasteiger partial charge is 0.250 e. The van der Waals surface area contributed by atoms with Gasteiger partial charge in [-0.1, -0.05) is 57.2 Å². The molecule has 0 aromatic heterocycles. The Morgan fingerprint density at radius 1 is 0.885 bits per heavy atom. The largest absolute Gasteiger partial charge is 0.544 e. The van der Waals surface area contributed by atoms with Crippen LogP contribution in [0.2, 0.25) is 18.1 Å². The third kappa shape index (κ3) is 3.14. The van der Waals surface area contributed by atoms with E-state index in [1.807, 2.05) is 24.3 Å². The summed E-state index contributed by atoms with van der Waals surface area (Å²) < 4.78 is 22.3. The minimum atomic E-state index is -1.95. The van der Waals surface area contributed by atoms with Crippen molar-refractivity contribution in [2.45, 2.75) is 58.9 Å². The van der Waals surface area contributed by atoms with Gasteiger partial charge in [-0.15, -0.1) is 0 Å². The van der Waals surface area contributed by atoms with Crippen molar-refractivity contribution in [3.63, 3.8) is 0 Å². The standard InChI is InChI=1S/C23H29FOSi/c1-6-26(7-2,8-3)25-20-15-18-13-9-11-16(4)21(18)22-17(5)12-10-14-19(22)23(20)24/h9-15,23H,6-8H2,1-5H3/t23-/m1/s1. The lowest BCUT2D eigenvalue weighted by atomic mass is 9.89. The summed E-state index contributed by atoms with van der Waals surface area (Å²) in [5, 5.41) is 0. The van der Waals surface area contributed by atoms with Gasteiger partial charge >= 0.3 is 0 Å². The van der Waals surface area contributed by atoms with E-state index >= 15 is 4.39 Å². The predicted octanol–water partition coefficient (Wildman–Crippen LogP) is 7.36. The van der Waals surface area contributed by atoms with Gasteiger partial charge in [0.25, 0.3) is 0 Å². The van der Waals surface area contributed by atoms with Gasteiger partial charge < -0.3 is 4.43 Å². The van der Waals surface area contributed by atoms with E-state index in [4.69, 9.17) is 4.43 Å². The van der Waals surface area contributed by atoms with Gasteiger partial charge in [0.1, 0.15) is 5.76 Å². The Morgan fingerprint density at radius 2 is 1.46 bits per heavy atom. The fourth-order valence-electron chi connectivity index (χ4n) is 4.07. The summed E-state index contributed by atoms with van der Waals surface area (Å²) in [5.74, 6) is 0.499. The molecule has 2 aromatic carbocycles. The van der Waals surface area contributed by atoms with E-state index in [0.29, 0.717) is 5.76 Å².